The topological polar surface area (TPSA) is 35.3 Å². The van der Waals surface area contributed by atoms with Crippen LogP contribution < -0.4 is 15.5 Å². The molecule has 2 heterocycles. The summed E-state index contributed by atoms with van der Waals surface area (Å²) in [5, 5.41) is 2.18. The summed E-state index contributed by atoms with van der Waals surface area (Å²) < 4.78 is 0. The second-order valence-electron chi connectivity index (χ2n) is 5.34. The average molecular weight is 289 g/mol. The van der Waals surface area contributed by atoms with E-state index in [-0.39, 0.29) is 0 Å². The fourth-order valence-corrected chi connectivity index (χ4v) is 4.00. The first-order chi connectivity index (χ1) is 9.88. The minimum atomic E-state index is 0.577. The van der Waals surface area contributed by atoms with E-state index < -0.39 is 0 Å². The molecule has 1 aromatic heterocycles. The Balaban J connectivity index is 1.63. The van der Waals surface area contributed by atoms with E-state index in [0.29, 0.717) is 6.04 Å². The number of piperazine rings is 1. The second-order valence-corrected chi connectivity index (χ2v) is 6.32. The molecule has 20 heavy (non-hydrogen) atoms. The van der Waals surface area contributed by atoms with Crippen molar-refractivity contribution in [2.45, 2.75) is 6.04 Å². The van der Waals surface area contributed by atoms with Crippen molar-refractivity contribution in [3.05, 3.63) is 52.7 Å². The molecule has 3 nitrogen and oxygen atoms in total. The third-order valence-electron chi connectivity index (χ3n) is 4.20. The van der Waals surface area contributed by atoms with E-state index in [1.54, 1.807) is 4.90 Å². The van der Waals surface area contributed by atoms with Crippen LogP contribution in [0, 0.1) is 0 Å². The summed E-state index contributed by atoms with van der Waals surface area (Å²) in [5.41, 5.74) is 5.52. The van der Waals surface area contributed by atoms with Crippen LogP contribution in [0.3, 0.4) is 0 Å². The highest BCUT2D eigenvalue weighted by molar-refractivity contribution is 7.10. The molecule has 1 atom stereocenters. The van der Waals surface area contributed by atoms with Gasteiger partial charge in [-0.3, -0.25) is 0 Å². The van der Waals surface area contributed by atoms with Gasteiger partial charge in [0.1, 0.15) is 6.54 Å². The molecule has 1 aromatic carbocycles. The lowest BCUT2D eigenvalue weighted by Crippen LogP contribution is -3.16. The summed E-state index contributed by atoms with van der Waals surface area (Å²) in [6.45, 7) is 5.67. The lowest BCUT2D eigenvalue weighted by molar-refractivity contribution is -0.937. The number of thiophene rings is 1. The maximum Gasteiger partial charge on any atom is 0.172 e. The van der Waals surface area contributed by atoms with E-state index >= 15 is 0 Å². The van der Waals surface area contributed by atoms with Gasteiger partial charge in [-0.05, 0) is 23.6 Å². The number of nitrogens with one attached hydrogen (secondary N) is 1. The van der Waals surface area contributed by atoms with Crippen LogP contribution in [0.2, 0.25) is 0 Å². The largest absolute Gasteiger partial charge is 0.360 e. The predicted molar refractivity (Wildman–Crippen MR) is 84.2 cm³/mol. The second kappa shape index (κ2) is 6.39. The molecule has 0 saturated carbocycles. The van der Waals surface area contributed by atoms with Gasteiger partial charge in [0.05, 0.1) is 31.1 Å². The molecule has 1 aliphatic rings. The van der Waals surface area contributed by atoms with Crippen LogP contribution >= 0.6 is 11.3 Å². The molecule has 1 fully saturated rings. The van der Waals surface area contributed by atoms with Crippen molar-refractivity contribution in [2.24, 2.45) is 0 Å². The monoisotopic (exact) mass is 289 g/mol. The first-order valence-corrected chi connectivity index (χ1v) is 8.23. The molecular formula is C16H23N3S+2. The van der Waals surface area contributed by atoms with Crippen LogP contribution in [0.15, 0.2) is 47.8 Å². The van der Waals surface area contributed by atoms with Gasteiger partial charge in [-0.25, -0.2) is 0 Å². The summed E-state index contributed by atoms with van der Waals surface area (Å²) in [6, 6.07) is 15.7. The molecule has 0 bridgehead atoms. The smallest absolute Gasteiger partial charge is 0.172 e. The number of anilines is 1. The van der Waals surface area contributed by atoms with Crippen molar-refractivity contribution >= 4 is 17.0 Å². The zero-order valence-electron chi connectivity index (χ0n) is 11.8. The molecule has 4 N–H and O–H groups in total. The molecule has 2 aromatic rings. The Kier molecular flexibility index (Phi) is 4.35. The molecule has 0 unspecified atom stereocenters. The van der Waals surface area contributed by atoms with Gasteiger partial charge in [0.15, 0.2) is 6.04 Å². The van der Waals surface area contributed by atoms with Crippen molar-refractivity contribution < 1.29 is 10.6 Å². The van der Waals surface area contributed by atoms with Gasteiger partial charge in [0, 0.05) is 5.69 Å². The van der Waals surface area contributed by atoms with Crippen LogP contribution in [-0.2, 0) is 0 Å². The summed E-state index contributed by atoms with van der Waals surface area (Å²) in [5.74, 6) is 0. The molecule has 0 aliphatic carbocycles. The Hall–Kier alpha value is -1.36. The van der Waals surface area contributed by atoms with E-state index in [0.717, 1.165) is 19.6 Å². The van der Waals surface area contributed by atoms with Crippen LogP contribution in [0.1, 0.15) is 10.9 Å². The number of rotatable bonds is 4. The van der Waals surface area contributed by atoms with Crippen LogP contribution in [0.25, 0.3) is 0 Å². The van der Waals surface area contributed by atoms with E-state index in [2.05, 4.69) is 58.5 Å². The number of quaternary nitrogens is 2. The fraction of sp³-hybridized carbons (Fsp3) is 0.375. The first-order valence-electron chi connectivity index (χ1n) is 7.35. The number of nitrogens with zero attached hydrogens (tertiary/aromatic N) is 1. The maximum absolute atomic E-state index is 4.17. The summed E-state index contributed by atoms with van der Waals surface area (Å²) in [7, 11) is 0. The number of hydrogen-bond acceptors (Lipinski definition) is 2. The quantitative estimate of drug-likeness (QED) is 0.841. The van der Waals surface area contributed by atoms with Gasteiger partial charge in [0.2, 0.25) is 0 Å². The first kappa shape index (κ1) is 13.6. The minimum absolute atomic E-state index is 0.577. The van der Waals surface area contributed by atoms with Crippen molar-refractivity contribution in [2.75, 3.05) is 37.6 Å². The van der Waals surface area contributed by atoms with Gasteiger partial charge >= 0.3 is 0 Å². The van der Waals surface area contributed by atoms with Crippen molar-refractivity contribution in [3.63, 3.8) is 0 Å². The highest BCUT2D eigenvalue weighted by Gasteiger charge is 2.29. The molecule has 3 rings (SSSR count). The third kappa shape index (κ3) is 2.87. The van der Waals surface area contributed by atoms with Crippen molar-refractivity contribution in [3.8, 4) is 0 Å². The zero-order valence-corrected chi connectivity index (χ0v) is 12.6. The minimum Gasteiger partial charge on any atom is -0.360 e. The van der Waals surface area contributed by atoms with Gasteiger partial charge in [-0.1, -0.05) is 24.3 Å². The van der Waals surface area contributed by atoms with Gasteiger partial charge < -0.3 is 15.5 Å². The Morgan fingerprint density at radius 3 is 2.45 bits per heavy atom. The number of hydrogen-bond donors (Lipinski definition) is 2. The summed E-state index contributed by atoms with van der Waals surface area (Å²) in [4.78, 5) is 5.68. The summed E-state index contributed by atoms with van der Waals surface area (Å²) in [6.07, 6.45) is 0. The van der Waals surface area contributed by atoms with Crippen LogP contribution in [0.5, 0.6) is 0 Å². The molecule has 4 heteroatoms. The number of para-hydroxylation sites is 1. The highest BCUT2D eigenvalue weighted by atomic mass is 32.1. The molecule has 1 saturated heterocycles. The zero-order chi connectivity index (χ0) is 13.8. The normalized spacial score (nSPS) is 18.1. The molecule has 106 valence electrons. The molecular weight excluding hydrogens is 266 g/mol. The lowest BCUT2D eigenvalue weighted by Gasteiger charge is -2.36. The van der Waals surface area contributed by atoms with Gasteiger partial charge in [-0.2, -0.15) is 0 Å². The number of benzene rings is 1. The van der Waals surface area contributed by atoms with E-state index in [9.17, 15) is 0 Å². The Morgan fingerprint density at radius 2 is 1.85 bits per heavy atom. The van der Waals surface area contributed by atoms with E-state index in [4.69, 9.17) is 0 Å². The van der Waals surface area contributed by atoms with Crippen molar-refractivity contribution in [1.29, 1.82) is 0 Å². The van der Waals surface area contributed by atoms with Gasteiger partial charge in [0.25, 0.3) is 0 Å². The maximum atomic E-state index is 4.17. The Morgan fingerprint density at radius 1 is 1.10 bits per heavy atom. The Labute approximate surface area is 124 Å². The van der Waals surface area contributed by atoms with Crippen LogP contribution in [0.4, 0.5) is 5.69 Å². The van der Waals surface area contributed by atoms with E-state index in [1.807, 2.05) is 11.3 Å². The molecule has 0 spiro atoms. The molecule has 1 aliphatic heterocycles. The SMILES string of the molecule is [NH3+]C[C@H](c1cccs1)[NH+]1CCN(c2ccccc2)CC1. The van der Waals surface area contributed by atoms with Crippen molar-refractivity contribution in [1.82, 2.24) is 0 Å². The predicted octanol–water partition coefficient (Wildman–Crippen LogP) is 0.436. The third-order valence-corrected chi connectivity index (χ3v) is 5.18. The Bertz CT molecular complexity index is 504. The van der Waals surface area contributed by atoms with Crippen LogP contribution in [-0.4, -0.2) is 32.7 Å². The fourth-order valence-electron chi connectivity index (χ4n) is 3.08. The summed E-state index contributed by atoms with van der Waals surface area (Å²) >= 11 is 1.87. The average Bonchev–Trinajstić information content (AvgIpc) is 3.04. The lowest BCUT2D eigenvalue weighted by atomic mass is 10.1. The molecule has 0 radical (unpaired) electrons. The van der Waals surface area contributed by atoms with E-state index in [1.165, 1.54) is 23.7 Å². The highest BCUT2D eigenvalue weighted by Crippen LogP contribution is 2.17. The molecule has 0 amide bonds. The van der Waals surface area contributed by atoms with Gasteiger partial charge in [-0.15, -0.1) is 11.3 Å². The standard InChI is InChI=1S/C16H21N3S/c17-13-15(16-7-4-12-20-16)19-10-8-18(9-11-19)14-5-2-1-3-6-14/h1-7,12,15H,8-11,13,17H2/p+2/t15-/m1/s1.